The van der Waals surface area contributed by atoms with Gasteiger partial charge in [0.15, 0.2) is 0 Å². The average molecular weight is 419 g/mol. The number of benzene rings is 3. The van der Waals surface area contributed by atoms with Crippen LogP contribution in [0.3, 0.4) is 0 Å². The van der Waals surface area contributed by atoms with E-state index >= 15 is 0 Å². The molecule has 1 aromatic heterocycles. The van der Waals surface area contributed by atoms with E-state index < -0.39 is 11.3 Å². The Morgan fingerprint density at radius 3 is 2.23 bits per heavy atom. The number of rotatable bonds is 6. The Balaban J connectivity index is 1.79. The lowest BCUT2D eigenvalue weighted by molar-refractivity contribution is 0.528. The molecule has 1 atom stereocenters. The number of hydrazine groups is 1. The maximum Gasteiger partial charge on any atom is 0.0537 e. The maximum absolute atomic E-state index is 10.7. The van der Waals surface area contributed by atoms with Crippen LogP contribution in [0.25, 0.3) is 27.7 Å². The summed E-state index contributed by atoms with van der Waals surface area (Å²) in [6, 6.07) is 22.8. The first-order valence-corrected chi connectivity index (χ1v) is 10.9. The third-order valence-corrected chi connectivity index (χ3v) is 5.54. The largest absolute Gasteiger partial charge is 0.759 e. The van der Waals surface area contributed by atoms with Gasteiger partial charge in [0.1, 0.15) is 0 Å². The van der Waals surface area contributed by atoms with Gasteiger partial charge in [-0.05, 0) is 59.9 Å². The van der Waals surface area contributed by atoms with Crippen LogP contribution >= 0.6 is 0 Å². The molecule has 1 unspecified atom stereocenters. The lowest BCUT2D eigenvalue weighted by atomic mass is 9.99. The van der Waals surface area contributed by atoms with Crippen LogP contribution in [0.15, 0.2) is 72.9 Å². The molecule has 0 aliphatic rings. The number of nitrogens with one attached hydrogen (secondary N) is 2. The normalized spacial score (nSPS) is 12.4. The number of aromatic nitrogens is 1. The van der Waals surface area contributed by atoms with Crippen molar-refractivity contribution in [2.45, 2.75) is 26.7 Å². The van der Waals surface area contributed by atoms with Crippen LogP contribution in [0.4, 0.5) is 5.69 Å². The van der Waals surface area contributed by atoms with Crippen molar-refractivity contribution >= 4 is 27.9 Å². The summed E-state index contributed by atoms with van der Waals surface area (Å²) in [7, 11) is 0. The molecule has 0 fully saturated rings. The third-order valence-electron chi connectivity index (χ3n) is 5.27. The van der Waals surface area contributed by atoms with Crippen molar-refractivity contribution in [3.63, 3.8) is 0 Å². The lowest BCUT2D eigenvalue weighted by Crippen LogP contribution is -2.23. The number of nitrogens with zero attached hydrogens (tertiary/aromatic N) is 1. The van der Waals surface area contributed by atoms with Gasteiger partial charge < -0.3 is 14.5 Å². The van der Waals surface area contributed by atoms with E-state index in [4.69, 9.17) is 0 Å². The molecule has 0 aliphatic carbocycles. The van der Waals surface area contributed by atoms with Gasteiger partial charge in [0.25, 0.3) is 0 Å². The van der Waals surface area contributed by atoms with Crippen LogP contribution in [0.5, 0.6) is 0 Å². The average Bonchev–Trinajstić information content (AvgIpc) is 3.12. The number of hydrogen-bond donors (Lipinski definition) is 2. The molecule has 0 amide bonds. The minimum absolute atomic E-state index is 0.399. The van der Waals surface area contributed by atoms with E-state index in [0.29, 0.717) is 11.6 Å². The summed E-state index contributed by atoms with van der Waals surface area (Å²) in [5, 5.41) is 1.24. The van der Waals surface area contributed by atoms with Crippen LogP contribution < -0.4 is 10.3 Å². The second-order valence-electron chi connectivity index (χ2n) is 7.72. The lowest BCUT2D eigenvalue weighted by Gasteiger charge is -2.11. The fourth-order valence-corrected chi connectivity index (χ4v) is 3.86. The van der Waals surface area contributed by atoms with Gasteiger partial charge in [0, 0.05) is 34.2 Å². The first kappa shape index (κ1) is 20.3. The van der Waals surface area contributed by atoms with Crippen LogP contribution in [-0.4, -0.2) is 13.3 Å². The summed E-state index contributed by atoms with van der Waals surface area (Å²) < 4.78 is 23.5. The van der Waals surface area contributed by atoms with E-state index in [1.165, 1.54) is 27.6 Å². The van der Waals surface area contributed by atoms with E-state index in [2.05, 4.69) is 84.3 Å². The highest BCUT2D eigenvalue weighted by atomic mass is 32.2. The van der Waals surface area contributed by atoms with Gasteiger partial charge in [-0.2, -0.15) is 4.83 Å². The first-order chi connectivity index (χ1) is 14.4. The van der Waals surface area contributed by atoms with Crippen LogP contribution in [0, 0.1) is 6.92 Å². The number of fused-ring (bicyclic) bond motifs is 1. The molecule has 6 heteroatoms. The zero-order valence-corrected chi connectivity index (χ0v) is 18.0. The topological polar surface area (TPSA) is 69.1 Å². The standard InChI is InChI=1S/C24H25N3O2S/c1-16(2)23-15-27(21-11-9-20(10-12-21)25-26-30(28)29)24-14-19(8-13-22(23)24)18-6-4-17(3)5-7-18/h4-16,25-26H,1-3H3,(H,28,29)/p-1. The van der Waals surface area contributed by atoms with Gasteiger partial charge in [0.2, 0.25) is 0 Å². The summed E-state index contributed by atoms with van der Waals surface area (Å²) in [5.74, 6) is 0.399. The van der Waals surface area contributed by atoms with Gasteiger partial charge in [-0.1, -0.05) is 55.8 Å². The summed E-state index contributed by atoms with van der Waals surface area (Å²) in [4.78, 5) is 2.16. The molecule has 30 heavy (non-hydrogen) atoms. The summed E-state index contributed by atoms with van der Waals surface area (Å²) in [6.07, 6.45) is 2.20. The third kappa shape index (κ3) is 4.16. The zero-order valence-electron chi connectivity index (χ0n) is 17.2. The van der Waals surface area contributed by atoms with Gasteiger partial charge >= 0.3 is 0 Å². The number of hydrogen-bond acceptors (Lipinski definition) is 3. The van der Waals surface area contributed by atoms with Crippen LogP contribution in [0.2, 0.25) is 0 Å². The van der Waals surface area contributed by atoms with Gasteiger partial charge in [-0.15, -0.1) is 0 Å². The van der Waals surface area contributed by atoms with E-state index in [0.717, 1.165) is 11.2 Å². The predicted molar refractivity (Wildman–Crippen MR) is 123 cm³/mol. The van der Waals surface area contributed by atoms with Crippen LogP contribution in [-0.2, 0) is 11.3 Å². The molecule has 0 saturated heterocycles. The maximum atomic E-state index is 10.7. The molecule has 0 spiro atoms. The highest BCUT2D eigenvalue weighted by Crippen LogP contribution is 2.33. The summed E-state index contributed by atoms with van der Waals surface area (Å²) in [6.45, 7) is 6.50. The first-order valence-electron chi connectivity index (χ1n) is 9.86. The van der Waals surface area contributed by atoms with Gasteiger partial charge in [-0.3, -0.25) is 4.21 Å². The Morgan fingerprint density at radius 2 is 1.60 bits per heavy atom. The fraction of sp³-hybridized carbons (Fsp3) is 0.167. The molecule has 4 aromatic rings. The highest BCUT2D eigenvalue weighted by molar-refractivity contribution is 7.77. The Bertz CT molecular complexity index is 1200. The second-order valence-corrected chi connectivity index (χ2v) is 8.39. The van der Waals surface area contributed by atoms with Crippen molar-refractivity contribution in [1.29, 1.82) is 0 Å². The highest BCUT2D eigenvalue weighted by Gasteiger charge is 2.13. The van der Waals surface area contributed by atoms with Crippen LogP contribution in [0.1, 0.15) is 30.9 Å². The Kier molecular flexibility index (Phi) is 5.72. The molecular formula is C24H24N3O2S-. The molecule has 2 N–H and O–H groups in total. The van der Waals surface area contributed by atoms with E-state index in [9.17, 15) is 8.76 Å². The quantitative estimate of drug-likeness (QED) is 0.324. The predicted octanol–water partition coefficient (Wildman–Crippen LogP) is 5.44. The second kappa shape index (κ2) is 8.44. The molecule has 4 rings (SSSR count). The summed E-state index contributed by atoms with van der Waals surface area (Å²) >= 11 is -2.37. The van der Waals surface area contributed by atoms with E-state index in [1.54, 1.807) is 0 Å². The number of aryl methyl sites for hydroxylation is 1. The van der Waals surface area contributed by atoms with Crippen molar-refractivity contribution in [3.8, 4) is 16.8 Å². The van der Waals surface area contributed by atoms with Gasteiger partial charge in [0.05, 0.1) is 5.52 Å². The van der Waals surface area contributed by atoms with Crippen molar-refractivity contribution in [2.75, 3.05) is 5.43 Å². The van der Waals surface area contributed by atoms with Gasteiger partial charge in [-0.25, -0.2) is 0 Å². The fourth-order valence-electron chi connectivity index (χ4n) is 3.66. The smallest absolute Gasteiger partial charge is 0.0537 e. The molecule has 1 heterocycles. The SMILES string of the molecule is Cc1ccc(-c2ccc3c(C(C)C)cn(-c4ccc(NNS(=O)[O-])cc4)c3c2)cc1. The molecule has 0 bridgehead atoms. The Hall–Kier alpha value is -2.93. The molecule has 5 nitrogen and oxygen atoms in total. The zero-order chi connectivity index (χ0) is 21.3. The monoisotopic (exact) mass is 418 g/mol. The van der Waals surface area contributed by atoms with Crippen molar-refractivity contribution in [3.05, 3.63) is 84.1 Å². The van der Waals surface area contributed by atoms with Crippen molar-refractivity contribution in [1.82, 2.24) is 9.40 Å². The van der Waals surface area contributed by atoms with Crippen molar-refractivity contribution < 1.29 is 8.76 Å². The number of anilines is 1. The Morgan fingerprint density at radius 1 is 0.933 bits per heavy atom. The van der Waals surface area contributed by atoms with E-state index in [1.807, 2.05) is 24.3 Å². The van der Waals surface area contributed by atoms with Crippen molar-refractivity contribution in [2.24, 2.45) is 0 Å². The molecule has 0 radical (unpaired) electrons. The Labute approximate surface area is 179 Å². The molecule has 3 aromatic carbocycles. The molecule has 0 saturated carbocycles. The minimum atomic E-state index is -2.37. The molecule has 0 aliphatic heterocycles. The molecular weight excluding hydrogens is 394 g/mol. The molecule has 154 valence electrons. The minimum Gasteiger partial charge on any atom is -0.759 e. The summed E-state index contributed by atoms with van der Waals surface area (Å²) in [5.41, 5.74) is 10.4. The van der Waals surface area contributed by atoms with E-state index in [-0.39, 0.29) is 0 Å².